The van der Waals surface area contributed by atoms with Crippen LogP contribution in [0.15, 0.2) is 6.07 Å². The molecule has 0 saturated carbocycles. The van der Waals surface area contributed by atoms with E-state index in [1.807, 2.05) is 18.0 Å². The maximum absolute atomic E-state index is 12.7. The van der Waals surface area contributed by atoms with Gasteiger partial charge in [-0.25, -0.2) is 0 Å². The van der Waals surface area contributed by atoms with Gasteiger partial charge in [-0.3, -0.25) is 9.48 Å². The molecule has 22 heavy (non-hydrogen) atoms. The van der Waals surface area contributed by atoms with Crippen LogP contribution in [0.5, 0.6) is 0 Å². The van der Waals surface area contributed by atoms with E-state index in [0.717, 1.165) is 31.6 Å². The number of carbonyl (C=O) groups is 1. The minimum Gasteiger partial charge on any atom is -0.337 e. The third kappa shape index (κ3) is 4.02. The number of hydrogen-bond donors (Lipinski definition) is 1. The van der Waals surface area contributed by atoms with Crippen LogP contribution in [0.2, 0.25) is 0 Å². The van der Waals surface area contributed by atoms with Crippen LogP contribution in [-0.4, -0.2) is 39.7 Å². The lowest BCUT2D eigenvalue weighted by Crippen LogP contribution is -2.43. The van der Waals surface area contributed by atoms with Crippen LogP contribution >= 0.6 is 12.4 Å². The monoisotopic (exact) mass is 328 g/mol. The average molecular weight is 329 g/mol. The number of aryl methyl sites for hydroxylation is 1. The molecule has 0 spiro atoms. The molecule has 2 heterocycles. The smallest absolute Gasteiger partial charge is 0.272 e. The maximum Gasteiger partial charge on any atom is 0.272 e. The minimum absolute atomic E-state index is 0. The number of piperidine rings is 1. The van der Waals surface area contributed by atoms with Gasteiger partial charge in [-0.15, -0.1) is 12.4 Å². The average Bonchev–Trinajstić information content (AvgIpc) is 2.80. The van der Waals surface area contributed by atoms with Crippen molar-refractivity contribution in [2.75, 3.05) is 13.1 Å². The van der Waals surface area contributed by atoms with Crippen LogP contribution in [0.3, 0.4) is 0 Å². The highest BCUT2D eigenvalue weighted by molar-refractivity contribution is 5.92. The molecule has 5 nitrogen and oxygen atoms in total. The summed E-state index contributed by atoms with van der Waals surface area (Å²) in [5.74, 6) is 0.620. The number of likely N-dealkylation sites (tertiary alicyclic amines) is 1. The second kappa shape index (κ2) is 7.01. The van der Waals surface area contributed by atoms with Crippen molar-refractivity contribution >= 4 is 18.3 Å². The van der Waals surface area contributed by atoms with Crippen LogP contribution in [0.25, 0.3) is 0 Å². The Hall–Kier alpha value is -1.07. The number of hydrogen-bond acceptors (Lipinski definition) is 3. The molecular formula is C16H29ClN4O. The zero-order valence-corrected chi connectivity index (χ0v) is 15.1. The molecule has 1 aliphatic heterocycles. The third-order valence-corrected chi connectivity index (χ3v) is 4.44. The quantitative estimate of drug-likeness (QED) is 0.906. The number of nitrogens with two attached hydrogens (primary N) is 1. The first kappa shape index (κ1) is 19.0. The van der Waals surface area contributed by atoms with Crippen LogP contribution in [0, 0.1) is 5.92 Å². The highest BCUT2D eigenvalue weighted by Gasteiger charge is 2.28. The Morgan fingerprint density at radius 2 is 1.91 bits per heavy atom. The summed E-state index contributed by atoms with van der Waals surface area (Å²) < 4.78 is 1.71. The number of carbonyl (C=O) groups excluding carboxylic acids is 1. The van der Waals surface area contributed by atoms with Gasteiger partial charge in [0.15, 0.2) is 0 Å². The Morgan fingerprint density at radius 1 is 1.36 bits per heavy atom. The van der Waals surface area contributed by atoms with Gasteiger partial charge >= 0.3 is 0 Å². The summed E-state index contributed by atoms with van der Waals surface area (Å²) in [6, 6.07) is 2.14. The Labute approximate surface area is 139 Å². The first-order chi connectivity index (χ1) is 9.70. The van der Waals surface area contributed by atoms with Gasteiger partial charge < -0.3 is 10.6 Å². The maximum atomic E-state index is 12.7. The van der Waals surface area contributed by atoms with Crippen molar-refractivity contribution in [2.45, 2.75) is 52.0 Å². The molecule has 1 unspecified atom stereocenters. The van der Waals surface area contributed by atoms with Crippen molar-refractivity contribution in [1.82, 2.24) is 14.7 Å². The summed E-state index contributed by atoms with van der Waals surface area (Å²) in [4.78, 5) is 14.6. The third-order valence-electron chi connectivity index (χ3n) is 4.44. The first-order valence-electron chi connectivity index (χ1n) is 7.79. The fraction of sp³-hybridized carbons (Fsp3) is 0.750. The van der Waals surface area contributed by atoms with Gasteiger partial charge in [0.25, 0.3) is 5.91 Å². The lowest BCUT2D eigenvalue weighted by Gasteiger charge is -2.33. The van der Waals surface area contributed by atoms with Gasteiger partial charge in [0.05, 0.1) is 5.69 Å². The fourth-order valence-corrected chi connectivity index (χ4v) is 2.82. The van der Waals surface area contributed by atoms with E-state index in [2.05, 4.69) is 32.8 Å². The van der Waals surface area contributed by atoms with Gasteiger partial charge in [-0.05, 0) is 31.7 Å². The molecule has 0 radical (unpaired) electrons. The molecule has 0 aromatic carbocycles. The number of nitrogens with zero attached hydrogens (tertiary/aromatic N) is 3. The lowest BCUT2D eigenvalue weighted by atomic mass is 9.90. The van der Waals surface area contributed by atoms with E-state index in [0.29, 0.717) is 11.6 Å². The molecule has 2 rings (SSSR count). The Kier molecular flexibility index (Phi) is 6.04. The second-order valence-corrected chi connectivity index (χ2v) is 7.28. The molecule has 1 amide bonds. The molecule has 1 fully saturated rings. The lowest BCUT2D eigenvalue weighted by molar-refractivity contribution is 0.0670. The van der Waals surface area contributed by atoms with E-state index in [1.54, 1.807) is 4.68 Å². The molecule has 6 heteroatoms. The van der Waals surface area contributed by atoms with Crippen molar-refractivity contribution in [2.24, 2.45) is 18.7 Å². The van der Waals surface area contributed by atoms with Crippen molar-refractivity contribution < 1.29 is 4.79 Å². The molecule has 0 aliphatic carbocycles. The predicted molar refractivity (Wildman–Crippen MR) is 91.4 cm³/mol. The van der Waals surface area contributed by atoms with E-state index in [-0.39, 0.29) is 29.8 Å². The van der Waals surface area contributed by atoms with Crippen molar-refractivity contribution in [3.63, 3.8) is 0 Å². The number of aromatic nitrogens is 2. The minimum atomic E-state index is -0.0434. The number of amides is 1. The molecular weight excluding hydrogens is 300 g/mol. The van der Waals surface area contributed by atoms with E-state index >= 15 is 0 Å². The van der Waals surface area contributed by atoms with E-state index < -0.39 is 0 Å². The normalized spacial score (nSPS) is 18.0. The summed E-state index contributed by atoms with van der Waals surface area (Å²) in [5, 5.41) is 4.49. The Bertz CT molecular complexity index is 511. The van der Waals surface area contributed by atoms with Crippen LogP contribution in [0.4, 0.5) is 0 Å². The standard InChI is InChI=1S/C16H28N4O.ClH/c1-11(17)12-6-8-20(9-7-12)15(21)13-10-14(16(2,3)4)18-19(13)5;/h10-12H,6-9,17H2,1-5H3;1H. The molecule has 126 valence electrons. The number of halogens is 1. The number of rotatable bonds is 2. The van der Waals surface area contributed by atoms with Gasteiger partial charge in [-0.2, -0.15) is 5.10 Å². The van der Waals surface area contributed by atoms with Crippen LogP contribution in [0.1, 0.15) is 56.7 Å². The topological polar surface area (TPSA) is 64.2 Å². The summed E-state index contributed by atoms with van der Waals surface area (Å²) in [6.45, 7) is 9.97. The summed E-state index contributed by atoms with van der Waals surface area (Å²) in [5.41, 5.74) is 7.55. The molecule has 1 aliphatic rings. The van der Waals surface area contributed by atoms with Gasteiger partial charge in [-0.1, -0.05) is 20.8 Å². The van der Waals surface area contributed by atoms with Crippen LogP contribution < -0.4 is 5.73 Å². The molecule has 1 aromatic heterocycles. The highest BCUT2D eigenvalue weighted by atomic mass is 35.5. The van der Waals surface area contributed by atoms with Crippen molar-refractivity contribution in [3.8, 4) is 0 Å². The summed E-state index contributed by atoms with van der Waals surface area (Å²) in [7, 11) is 1.84. The van der Waals surface area contributed by atoms with Gasteiger partial charge in [0.2, 0.25) is 0 Å². The zero-order chi connectivity index (χ0) is 15.8. The molecule has 1 saturated heterocycles. The summed E-state index contributed by atoms with van der Waals surface area (Å²) in [6.07, 6.45) is 1.99. The summed E-state index contributed by atoms with van der Waals surface area (Å²) >= 11 is 0. The van der Waals surface area contributed by atoms with Gasteiger partial charge in [0, 0.05) is 31.6 Å². The zero-order valence-electron chi connectivity index (χ0n) is 14.3. The predicted octanol–water partition coefficient (Wildman–Crippen LogP) is 2.34. The van der Waals surface area contributed by atoms with Crippen molar-refractivity contribution in [1.29, 1.82) is 0 Å². The largest absolute Gasteiger partial charge is 0.337 e. The molecule has 2 N–H and O–H groups in total. The van der Waals surface area contributed by atoms with E-state index in [4.69, 9.17) is 5.73 Å². The SMILES string of the molecule is CC(N)C1CCN(C(=O)c2cc(C(C)(C)C)nn2C)CC1.Cl. The molecule has 0 bridgehead atoms. The molecule has 1 aromatic rings. The van der Waals surface area contributed by atoms with E-state index in [9.17, 15) is 4.79 Å². The van der Waals surface area contributed by atoms with Gasteiger partial charge in [0.1, 0.15) is 5.69 Å². The highest BCUT2D eigenvalue weighted by Crippen LogP contribution is 2.24. The first-order valence-corrected chi connectivity index (χ1v) is 7.79. The van der Waals surface area contributed by atoms with Crippen LogP contribution in [-0.2, 0) is 12.5 Å². The fourth-order valence-electron chi connectivity index (χ4n) is 2.82. The Balaban J connectivity index is 0.00000242. The van der Waals surface area contributed by atoms with E-state index in [1.165, 1.54) is 0 Å². The molecule has 1 atom stereocenters. The Morgan fingerprint density at radius 3 is 2.32 bits per heavy atom. The second-order valence-electron chi connectivity index (χ2n) is 7.28. The van der Waals surface area contributed by atoms with Crippen molar-refractivity contribution in [3.05, 3.63) is 17.5 Å².